The van der Waals surface area contributed by atoms with E-state index in [1.807, 2.05) is 54.9 Å². The minimum absolute atomic E-state index is 0.0311. The molecule has 1 unspecified atom stereocenters. The van der Waals surface area contributed by atoms with E-state index >= 15 is 0 Å². The van der Waals surface area contributed by atoms with Crippen molar-refractivity contribution >= 4 is 23.6 Å². The molecule has 0 aliphatic carbocycles. The monoisotopic (exact) mass is 524 g/mol. The van der Waals surface area contributed by atoms with Crippen LogP contribution in [0, 0.1) is 0 Å². The van der Waals surface area contributed by atoms with Crippen LogP contribution in [0.1, 0.15) is 56.6 Å². The summed E-state index contributed by atoms with van der Waals surface area (Å²) in [6.45, 7) is 3.93. The van der Waals surface area contributed by atoms with Crippen LogP contribution in [0.3, 0.4) is 0 Å². The fraction of sp³-hybridized carbons (Fsp3) is 0.310. The highest BCUT2D eigenvalue weighted by atomic mass is 16.2. The zero-order valence-corrected chi connectivity index (χ0v) is 21.3. The molecule has 3 aliphatic heterocycles. The molecule has 1 aromatic carbocycles. The normalized spacial score (nSPS) is 20.4. The van der Waals surface area contributed by atoms with Gasteiger partial charge in [-0.05, 0) is 48.4 Å². The Morgan fingerprint density at radius 3 is 2.10 bits per heavy atom. The number of rotatable bonds is 6. The number of nitrogens with zero attached hydrogens (tertiary/aromatic N) is 5. The van der Waals surface area contributed by atoms with Crippen molar-refractivity contribution in [1.82, 2.24) is 30.0 Å². The first-order valence-electron chi connectivity index (χ1n) is 13.1. The van der Waals surface area contributed by atoms with E-state index in [-0.39, 0.29) is 24.8 Å². The SMILES string of the molecule is O=C1CCC(N2C(=O)c3ccc(CN4CCN(C(c5ccccn5)c5ccccn5)CC4)cc3C2=O)C(=O)N1. The van der Waals surface area contributed by atoms with Crippen LogP contribution in [0.4, 0.5) is 0 Å². The van der Waals surface area contributed by atoms with Crippen molar-refractivity contribution in [3.63, 3.8) is 0 Å². The number of carbonyl (C=O) groups excluding carboxylic acids is 4. The molecule has 39 heavy (non-hydrogen) atoms. The number of hydrogen-bond acceptors (Lipinski definition) is 8. The van der Waals surface area contributed by atoms with Crippen LogP contribution in [-0.2, 0) is 16.1 Å². The third-order valence-electron chi connectivity index (χ3n) is 7.62. The Morgan fingerprint density at radius 1 is 0.821 bits per heavy atom. The summed E-state index contributed by atoms with van der Waals surface area (Å²) in [4.78, 5) is 64.9. The lowest BCUT2D eigenvalue weighted by atomic mass is 10.0. The summed E-state index contributed by atoms with van der Waals surface area (Å²) >= 11 is 0. The molecule has 5 heterocycles. The largest absolute Gasteiger partial charge is 0.297 e. The first-order valence-corrected chi connectivity index (χ1v) is 13.1. The van der Waals surface area contributed by atoms with E-state index in [1.54, 1.807) is 12.1 Å². The minimum atomic E-state index is -0.960. The predicted octanol–water partition coefficient (Wildman–Crippen LogP) is 1.78. The summed E-state index contributed by atoms with van der Waals surface area (Å²) in [6.07, 6.45) is 3.86. The number of carbonyl (C=O) groups is 4. The van der Waals surface area contributed by atoms with Gasteiger partial charge in [0.2, 0.25) is 11.8 Å². The molecular weight excluding hydrogens is 496 g/mol. The van der Waals surface area contributed by atoms with Crippen LogP contribution in [0.5, 0.6) is 0 Å². The second-order valence-electron chi connectivity index (χ2n) is 10.1. The van der Waals surface area contributed by atoms with Gasteiger partial charge in [-0.25, -0.2) is 0 Å². The highest BCUT2D eigenvalue weighted by molar-refractivity contribution is 6.23. The highest BCUT2D eigenvalue weighted by Gasteiger charge is 2.44. The number of imide groups is 2. The van der Waals surface area contributed by atoms with Crippen molar-refractivity contribution in [2.45, 2.75) is 31.5 Å². The van der Waals surface area contributed by atoms with Crippen LogP contribution < -0.4 is 5.32 Å². The third kappa shape index (κ3) is 4.84. The van der Waals surface area contributed by atoms with Gasteiger partial charge in [-0.15, -0.1) is 0 Å². The first kappa shape index (κ1) is 25.0. The second kappa shape index (κ2) is 10.5. The molecule has 10 nitrogen and oxygen atoms in total. The predicted molar refractivity (Wildman–Crippen MR) is 140 cm³/mol. The average molecular weight is 525 g/mol. The zero-order chi connectivity index (χ0) is 26.9. The number of aromatic nitrogens is 2. The van der Waals surface area contributed by atoms with Gasteiger partial charge in [0.15, 0.2) is 0 Å². The molecule has 2 aromatic heterocycles. The van der Waals surface area contributed by atoms with E-state index in [9.17, 15) is 19.2 Å². The van der Waals surface area contributed by atoms with Crippen molar-refractivity contribution < 1.29 is 19.2 Å². The molecule has 6 rings (SSSR count). The number of fused-ring (bicyclic) bond motifs is 1. The molecular formula is C29H28N6O4. The van der Waals surface area contributed by atoms with Crippen LogP contribution in [0.25, 0.3) is 0 Å². The number of amides is 4. The molecule has 3 aromatic rings. The molecule has 3 aliphatic rings. The molecule has 0 spiro atoms. The van der Waals surface area contributed by atoms with Gasteiger partial charge in [0, 0.05) is 51.5 Å². The van der Waals surface area contributed by atoms with Gasteiger partial charge in [0.1, 0.15) is 6.04 Å². The maximum atomic E-state index is 13.2. The Kier molecular flexibility index (Phi) is 6.72. The molecule has 0 radical (unpaired) electrons. The summed E-state index contributed by atoms with van der Waals surface area (Å²) in [5.74, 6) is -1.96. The maximum Gasteiger partial charge on any atom is 0.262 e. The molecule has 1 atom stereocenters. The fourth-order valence-electron chi connectivity index (χ4n) is 5.66. The molecule has 4 amide bonds. The van der Waals surface area contributed by atoms with Crippen molar-refractivity contribution in [3.05, 3.63) is 95.1 Å². The quantitative estimate of drug-likeness (QED) is 0.486. The number of piperazine rings is 1. The standard InChI is InChI=1S/C29H28N6O4/c36-25-10-9-24(27(37)32-25)35-28(38)20-8-7-19(17-21(20)29(35)39)18-33-13-15-34(16-14-33)26(22-5-1-3-11-30-22)23-6-2-4-12-31-23/h1-8,11-12,17,24,26H,9-10,13-16,18H2,(H,32,36,37). The van der Waals surface area contributed by atoms with E-state index in [0.717, 1.165) is 48.0 Å². The minimum Gasteiger partial charge on any atom is -0.297 e. The van der Waals surface area contributed by atoms with Gasteiger partial charge < -0.3 is 0 Å². The second-order valence-corrected chi connectivity index (χ2v) is 10.1. The molecule has 2 saturated heterocycles. The van der Waals surface area contributed by atoms with Crippen molar-refractivity contribution in [1.29, 1.82) is 0 Å². The van der Waals surface area contributed by atoms with Crippen molar-refractivity contribution in [2.75, 3.05) is 26.2 Å². The Hall–Kier alpha value is -4.28. The summed E-state index contributed by atoms with van der Waals surface area (Å²) in [5.41, 5.74) is 3.47. The van der Waals surface area contributed by atoms with Gasteiger partial charge in [-0.3, -0.25) is 49.2 Å². The molecule has 1 N–H and O–H groups in total. The summed E-state index contributed by atoms with van der Waals surface area (Å²) in [5, 5.41) is 2.23. The van der Waals surface area contributed by atoms with Gasteiger partial charge in [0.25, 0.3) is 11.8 Å². The number of benzene rings is 1. The number of hydrogen-bond donors (Lipinski definition) is 1. The topological polar surface area (TPSA) is 116 Å². The van der Waals surface area contributed by atoms with Crippen LogP contribution >= 0.6 is 0 Å². The van der Waals surface area contributed by atoms with Gasteiger partial charge >= 0.3 is 0 Å². The number of nitrogens with one attached hydrogen (secondary N) is 1. The van der Waals surface area contributed by atoms with Crippen LogP contribution in [0.15, 0.2) is 67.0 Å². The van der Waals surface area contributed by atoms with E-state index in [2.05, 4.69) is 25.1 Å². The van der Waals surface area contributed by atoms with E-state index < -0.39 is 23.8 Å². The van der Waals surface area contributed by atoms with E-state index in [1.165, 1.54) is 0 Å². The number of pyridine rings is 2. The average Bonchev–Trinajstić information content (AvgIpc) is 3.20. The van der Waals surface area contributed by atoms with E-state index in [4.69, 9.17) is 0 Å². The first-order chi connectivity index (χ1) is 19.0. The molecule has 0 bridgehead atoms. The summed E-state index contributed by atoms with van der Waals surface area (Å²) < 4.78 is 0. The molecule has 198 valence electrons. The Balaban J connectivity index is 1.14. The summed E-state index contributed by atoms with van der Waals surface area (Å²) in [6, 6.07) is 16.2. The molecule has 10 heteroatoms. The van der Waals surface area contributed by atoms with Crippen molar-refractivity contribution in [3.8, 4) is 0 Å². The summed E-state index contributed by atoms with van der Waals surface area (Å²) in [7, 11) is 0. The molecule has 2 fully saturated rings. The Morgan fingerprint density at radius 2 is 1.49 bits per heavy atom. The third-order valence-corrected chi connectivity index (χ3v) is 7.62. The van der Waals surface area contributed by atoms with Crippen LogP contribution in [0.2, 0.25) is 0 Å². The lowest BCUT2D eigenvalue weighted by molar-refractivity contribution is -0.136. The van der Waals surface area contributed by atoms with Crippen LogP contribution in [-0.4, -0.2) is 80.5 Å². The maximum absolute atomic E-state index is 13.2. The van der Waals surface area contributed by atoms with Crippen molar-refractivity contribution in [2.24, 2.45) is 0 Å². The zero-order valence-electron chi connectivity index (χ0n) is 21.3. The van der Waals surface area contributed by atoms with Gasteiger partial charge in [-0.2, -0.15) is 0 Å². The van der Waals surface area contributed by atoms with Gasteiger partial charge in [-0.1, -0.05) is 18.2 Å². The van der Waals surface area contributed by atoms with E-state index in [0.29, 0.717) is 17.7 Å². The lowest BCUT2D eigenvalue weighted by Gasteiger charge is -2.39. The lowest BCUT2D eigenvalue weighted by Crippen LogP contribution is -2.54. The highest BCUT2D eigenvalue weighted by Crippen LogP contribution is 2.30. The van der Waals surface area contributed by atoms with Gasteiger partial charge in [0.05, 0.1) is 28.6 Å². The Labute approximate surface area is 225 Å². The smallest absolute Gasteiger partial charge is 0.262 e. The Bertz CT molecular complexity index is 1380. The fourth-order valence-corrected chi connectivity index (χ4v) is 5.66. The molecule has 0 saturated carbocycles. The number of piperidine rings is 1.